The average Bonchev–Trinajstić information content (AvgIpc) is 3.49. The van der Waals surface area contributed by atoms with Crippen molar-refractivity contribution in [2.45, 2.75) is 17.1 Å². The SMILES string of the molecule is COc1ccccc1/C=C(/NC(=O)c1ccccc1)C(=O)Nc1cccc(SC(C)C(=O)Nc2ccc3c(c2)OCO3)c1. The molecule has 0 saturated carbocycles. The summed E-state index contributed by atoms with van der Waals surface area (Å²) in [5.41, 5.74) is 2.17. The highest BCUT2D eigenvalue weighted by Crippen LogP contribution is 2.35. The lowest BCUT2D eigenvalue weighted by Crippen LogP contribution is -2.30. The van der Waals surface area contributed by atoms with Gasteiger partial charge in [-0.15, -0.1) is 11.8 Å². The van der Waals surface area contributed by atoms with Gasteiger partial charge in [-0.1, -0.05) is 42.5 Å². The van der Waals surface area contributed by atoms with Crippen LogP contribution in [-0.4, -0.2) is 36.9 Å². The number of hydrogen-bond acceptors (Lipinski definition) is 7. The van der Waals surface area contributed by atoms with Crippen LogP contribution < -0.4 is 30.2 Å². The smallest absolute Gasteiger partial charge is 0.272 e. The molecule has 3 N–H and O–H groups in total. The first-order valence-electron chi connectivity index (χ1n) is 13.4. The van der Waals surface area contributed by atoms with Gasteiger partial charge in [0.05, 0.1) is 12.4 Å². The second kappa shape index (κ2) is 13.6. The highest BCUT2D eigenvalue weighted by Gasteiger charge is 2.19. The molecule has 3 amide bonds. The number of nitrogens with one attached hydrogen (secondary N) is 3. The maximum atomic E-state index is 13.5. The number of ether oxygens (including phenoxy) is 3. The van der Waals surface area contributed by atoms with E-state index >= 15 is 0 Å². The molecule has 0 aliphatic carbocycles. The monoisotopic (exact) mass is 595 g/mol. The van der Waals surface area contributed by atoms with Crippen LogP contribution in [0.1, 0.15) is 22.8 Å². The molecule has 0 spiro atoms. The van der Waals surface area contributed by atoms with Crippen LogP contribution in [0.3, 0.4) is 0 Å². The molecule has 0 fully saturated rings. The first-order valence-corrected chi connectivity index (χ1v) is 14.3. The fourth-order valence-electron chi connectivity index (χ4n) is 4.20. The number of amides is 3. The Labute approximate surface area is 253 Å². The summed E-state index contributed by atoms with van der Waals surface area (Å²) in [5.74, 6) is 0.632. The van der Waals surface area contributed by atoms with Gasteiger partial charge in [-0.3, -0.25) is 14.4 Å². The number of methoxy groups -OCH3 is 1. The lowest BCUT2D eigenvalue weighted by atomic mass is 10.1. The van der Waals surface area contributed by atoms with Crippen LogP contribution in [0.5, 0.6) is 17.2 Å². The van der Waals surface area contributed by atoms with Gasteiger partial charge in [-0.05, 0) is 61.5 Å². The molecule has 0 radical (unpaired) electrons. The Bertz CT molecular complexity index is 1670. The first-order chi connectivity index (χ1) is 20.9. The van der Waals surface area contributed by atoms with E-state index in [4.69, 9.17) is 14.2 Å². The zero-order valence-corrected chi connectivity index (χ0v) is 24.3. The lowest BCUT2D eigenvalue weighted by Gasteiger charge is -2.14. The standard InChI is InChI=1S/C33H29N3O6S/c1-21(31(37)34-25-15-16-29-30(19-25)42-20-41-29)43-26-13-8-12-24(18-26)35-33(39)27(17-23-11-6-7-14-28(23)40-2)36-32(38)22-9-4-3-5-10-22/h3-19,21H,20H2,1-2H3,(H,34,37)(H,35,39)(H,36,38)/b27-17+. The number of benzene rings is 4. The van der Waals surface area contributed by atoms with Crippen LogP contribution in [0.25, 0.3) is 6.08 Å². The highest BCUT2D eigenvalue weighted by molar-refractivity contribution is 8.00. The summed E-state index contributed by atoms with van der Waals surface area (Å²) in [6.07, 6.45) is 1.57. The molecule has 4 aromatic rings. The minimum absolute atomic E-state index is 0.0351. The largest absolute Gasteiger partial charge is 0.496 e. The number of carbonyl (C=O) groups is 3. The average molecular weight is 596 g/mol. The number of anilines is 2. The van der Waals surface area contributed by atoms with Crippen molar-refractivity contribution in [2.24, 2.45) is 0 Å². The second-order valence-corrected chi connectivity index (χ2v) is 10.8. The molecule has 0 saturated heterocycles. The molecule has 1 heterocycles. The molecule has 4 aromatic carbocycles. The quantitative estimate of drug-likeness (QED) is 0.153. The van der Waals surface area contributed by atoms with Gasteiger partial charge in [-0.25, -0.2) is 0 Å². The molecule has 10 heteroatoms. The summed E-state index contributed by atoms with van der Waals surface area (Å²) >= 11 is 1.34. The van der Waals surface area contributed by atoms with Crippen molar-refractivity contribution in [1.82, 2.24) is 5.32 Å². The summed E-state index contributed by atoms with van der Waals surface area (Å²) in [5, 5.41) is 8.05. The summed E-state index contributed by atoms with van der Waals surface area (Å²) in [6, 6.07) is 28.2. The van der Waals surface area contributed by atoms with Crippen LogP contribution in [0.2, 0.25) is 0 Å². The number of fused-ring (bicyclic) bond motifs is 1. The third kappa shape index (κ3) is 7.55. The Morgan fingerprint density at radius 3 is 2.40 bits per heavy atom. The molecule has 5 rings (SSSR count). The van der Waals surface area contributed by atoms with Gasteiger partial charge in [0.2, 0.25) is 12.7 Å². The molecule has 1 atom stereocenters. The van der Waals surface area contributed by atoms with Gasteiger partial charge in [0, 0.05) is 33.5 Å². The summed E-state index contributed by atoms with van der Waals surface area (Å²) < 4.78 is 16.1. The van der Waals surface area contributed by atoms with E-state index in [0.29, 0.717) is 39.8 Å². The van der Waals surface area contributed by atoms with E-state index in [-0.39, 0.29) is 18.4 Å². The minimum Gasteiger partial charge on any atom is -0.496 e. The van der Waals surface area contributed by atoms with Crippen LogP contribution in [0.4, 0.5) is 11.4 Å². The maximum absolute atomic E-state index is 13.5. The van der Waals surface area contributed by atoms with E-state index in [1.165, 1.54) is 18.9 Å². The van der Waals surface area contributed by atoms with Crippen LogP contribution >= 0.6 is 11.8 Å². The zero-order chi connectivity index (χ0) is 30.2. The highest BCUT2D eigenvalue weighted by atomic mass is 32.2. The second-order valence-electron chi connectivity index (χ2n) is 9.42. The van der Waals surface area contributed by atoms with Crippen LogP contribution in [-0.2, 0) is 9.59 Å². The number of hydrogen-bond donors (Lipinski definition) is 3. The van der Waals surface area contributed by atoms with E-state index < -0.39 is 17.1 Å². The van der Waals surface area contributed by atoms with E-state index in [1.54, 1.807) is 85.8 Å². The molecule has 218 valence electrons. The van der Waals surface area contributed by atoms with Crippen molar-refractivity contribution in [3.05, 3.63) is 114 Å². The number of carbonyl (C=O) groups excluding carboxylic acids is 3. The Morgan fingerprint density at radius 1 is 0.837 bits per heavy atom. The topological polar surface area (TPSA) is 115 Å². The van der Waals surface area contributed by atoms with Crippen molar-refractivity contribution in [1.29, 1.82) is 0 Å². The number of thioether (sulfide) groups is 1. The molecular formula is C33H29N3O6S. The number of para-hydroxylation sites is 1. The molecule has 1 aliphatic rings. The van der Waals surface area contributed by atoms with Gasteiger partial charge in [-0.2, -0.15) is 0 Å². The first kappa shape index (κ1) is 29.3. The minimum atomic E-state index is -0.522. The lowest BCUT2D eigenvalue weighted by molar-refractivity contribution is -0.115. The zero-order valence-electron chi connectivity index (χ0n) is 23.5. The van der Waals surface area contributed by atoms with E-state index in [2.05, 4.69) is 16.0 Å². The molecule has 0 aromatic heterocycles. The van der Waals surface area contributed by atoms with Crippen LogP contribution in [0, 0.1) is 0 Å². The Hall–Kier alpha value is -5.22. The summed E-state index contributed by atoms with van der Waals surface area (Å²) in [6.45, 7) is 1.95. The van der Waals surface area contributed by atoms with Gasteiger partial charge >= 0.3 is 0 Å². The van der Waals surface area contributed by atoms with Crippen molar-refractivity contribution >= 4 is 46.9 Å². The van der Waals surface area contributed by atoms with Gasteiger partial charge in [0.15, 0.2) is 11.5 Å². The fraction of sp³-hybridized carbons (Fsp3) is 0.121. The fourth-order valence-corrected chi connectivity index (χ4v) is 5.13. The predicted molar refractivity (Wildman–Crippen MR) is 166 cm³/mol. The van der Waals surface area contributed by atoms with Gasteiger partial charge in [0.25, 0.3) is 11.8 Å². The third-order valence-corrected chi connectivity index (χ3v) is 7.48. The molecule has 0 bridgehead atoms. The number of rotatable bonds is 10. The van der Waals surface area contributed by atoms with Gasteiger partial charge < -0.3 is 30.2 Å². The molecule has 1 aliphatic heterocycles. The Kier molecular flexibility index (Phi) is 9.28. The van der Waals surface area contributed by atoms with E-state index in [1.807, 2.05) is 24.3 Å². The maximum Gasteiger partial charge on any atom is 0.272 e. The normalized spacial score (nSPS) is 12.7. The Balaban J connectivity index is 1.29. The molecule has 43 heavy (non-hydrogen) atoms. The van der Waals surface area contributed by atoms with Crippen molar-refractivity contribution in [3.8, 4) is 17.2 Å². The van der Waals surface area contributed by atoms with Crippen molar-refractivity contribution in [3.63, 3.8) is 0 Å². The van der Waals surface area contributed by atoms with Crippen LogP contribution in [0.15, 0.2) is 108 Å². The van der Waals surface area contributed by atoms with E-state index in [9.17, 15) is 14.4 Å². The molecule has 9 nitrogen and oxygen atoms in total. The molecule has 1 unspecified atom stereocenters. The molecular weight excluding hydrogens is 566 g/mol. The van der Waals surface area contributed by atoms with Crippen molar-refractivity contribution in [2.75, 3.05) is 24.5 Å². The third-order valence-electron chi connectivity index (χ3n) is 6.38. The Morgan fingerprint density at radius 2 is 1.58 bits per heavy atom. The van der Waals surface area contributed by atoms with Gasteiger partial charge in [0.1, 0.15) is 11.4 Å². The summed E-state index contributed by atoms with van der Waals surface area (Å²) in [7, 11) is 1.54. The van der Waals surface area contributed by atoms with E-state index in [0.717, 1.165) is 4.90 Å². The predicted octanol–water partition coefficient (Wildman–Crippen LogP) is 5.95. The summed E-state index contributed by atoms with van der Waals surface area (Å²) in [4.78, 5) is 40.1. The van der Waals surface area contributed by atoms with Crippen molar-refractivity contribution < 1.29 is 28.6 Å².